The largest absolute Gasteiger partial charge is 0.574 e. The number of halogens is 3. The van der Waals surface area contributed by atoms with Gasteiger partial charge in [-0.2, -0.15) is 0 Å². The highest BCUT2D eigenvalue weighted by Gasteiger charge is 2.33. The zero-order chi connectivity index (χ0) is 14.6. The standard InChI is InChI=1S/C11H12F3NO4/c1-4-18-10(16)8-7(17-3)5-6(2)9(15-8)19-11(12,13)14/h5H,4H2,1-3H3. The number of nitrogens with zero attached hydrogens (tertiary/aromatic N) is 1. The molecule has 1 aromatic rings. The average Bonchev–Trinajstić information content (AvgIpc) is 2.29. The van der Waals surface area contributed by atoms with Crippen LogP contribution in [0.5, 0.6) is 11.6 Å². The number of pyridine rings is 1. The number of aromatic nitrogens is 1. The van der Waals surface area contributed by atoms with Gasteiger partial charge < -0.3 is 14.2 Å². The molecule has 0 radical (unpaired) electrons. The number of rotatable bonds is 4. The number of carbonyl (C=O) groups is 1. The second-order valence-electron chi connectivity index (χ2n) is 3.43. The maximum atomic E-state index is 12.2. The van der Waals surface area contributed by atoms with Gasteiger partial charge in [-0.3, -0.25) is 0 Å². The van der Waals surface area contributed by atoms with E-state index in [1.54, 1.807) is 6.92 Å². The Morgan fingerprint density at radius 2 is 2.05 bits per heavy atom. The lowest BCUT2D eigenvalue weighted by Crippen LogP contribution is -2.20. The maximum absolute atomic E-state index is 12.2. The molecule has 8 heteroatoms. The third kappa shape index (κ3) is 4.01. The molecule has 1 heterocycles. The molecule has 106 valence electrons. The Balaban J connectivity index is 3.21. The van der Waals surface area contributed by atoms with Crippen LogP contribution in [0.4, 0.5) is 13.2 Å². The first-order valence-electron chi connectivity index (χ1n) is 5.27. The molecule has 0 aliphatic carbocycles. The number of hydrogen-bond donors (Lipinski definition) is 0. The van der Waals surface area contributed by atoms with Crippen LogP contribution in [0.2, 0.25) is 0 Å². The van der Waals surface area contributed by atoms with E-state index in [4.69, 9.17) is 4.74 Å². The lowest BCUT2D eigenvalue weighted by atomic mass is 10.2. The van der Waals surface area contributed by atoms with Gasteiger partial charge in [0.25, 0.3) is 0 Å². The third-order valence-electron chi connectivity index (χ3n) is 2.03. The topological polar surface area (TPSA) is 57.7 Å². The summed E-state index contributed by atoms with van der Waals surface area (Å²) in [6.07, 6.45) is -4.89. The van der Waals surface area contributed by atoms with Crippen LogP contribution in [0.25, 0.3) is 0 Å². The van der Waals surface area contributed by atoms with Crippen molar-refractivity contribution in [3.05, 3.63) is 17.3 Å². The van der Waals surface area contributed by atoms with Crippen molar-refractivity contribution in [2.24, 2.45) is 0 Å². The minimum Gasteiger partial charge on any atom is -0.494 e. The van der Waals surface area contributed by atoms with Crippen molar-refractivity contribution in [3.8, 4) is 11.6 Å². The molecule has 0 aliphatic rings. The van der Waals surface area contributed by atoms with E-state index in [1.807, 2.05) is 0 Å². The molecular formula is C11H12F3NO4. The Morgan fingerprint density at radius 3 is 2.53 bits per heavy atom. The zero-order valence-electron chi connectivity index (χ0n) is 10.5. The number of esters is 1. The van der Waals surface area contributed by atoms with Crippen LogP contribution in [0.1, 0.15) is 23.0 Å². The Bertz CT molecular complexity index is 474. The molecule has 0 fully saturated rings. The molecule has 0 N–H and O–H groups in total. The Morgan fingerprint density at radius 1 is 1.42 bits per heavy atom. The van der Waals surface area contributed by atoms with Gasteiger partial charge in [0.2, 0.25) is 5.88 Å². The molecule has 1 rings (SSSR count). The zero-order valence-corrected chi connectivity index (χ0v) is 10.5. The Labute approximate surface area is 107 Å². The van der Waals surface area contributed by atoms with Gasteiger partial charge in [0.05, 0.1) is 13.7 Å². The lowest BCUT2D eigenvalue weighted by molar-refractivity contribution is -0.276. The highest BCUT2D eigenvalue weighted by molar-refractivity contribution is 5.90. The molecule has 0 spiro atoms. The molecule has 0 atom stereocenters. The number of hydrogen-bond acceptors (Lipinski definition) is 5. The molecule has 0 aromatic carbocycles. The first-order chi connectivity index (χ1) is 8.78. The number of ether oxygens (including phenoxy) is 3. The molecule has 0 saturated carbocycles. The predicted molar refractivity (Wildman–Crippen MR) is 58.2 cm³/mol. The summed E-state index contributed by atoms with van der Waals surface area (Å²) in [4.78, 5) is 15.1. The quantitative estimate of drug-likeness (QED) is 0.792. The van der Waals surface area contributed by atoms with Crippen molar-refractivity contribution in [1.29, 1.82) is 0 Å². The summed E-state index contributed by atoms with van der Waals surface area (Å²) in [5.41, 5.74) is -0.281. The summed E-state index contributed by atoms with van der Waals surface area (Å²) in [7, 11) is 1.27. The van der Waals surface area contributed by atoms with Crippen molar-refractivity contribution in [2.45, 2.75) is 20.2 Å². The molecular weight excluding hydrogens is 267 g/mol. The van der Waals surface area contributed by atoms with Crippen LogP contribution >= 0.6 is 0 Å². The smallest absolute Gasteiger partial charge is 0.494 e. The first kappa shape index (κ1) is 15.1. The molecule has 0 unspecified atom stereocenters. The minimum absolute atomic E-state index is 0.0190. The van der Waals surface area contributed by atoms with Gasteiger partial charge in [-0.05, 0) is 19.9 Å². The molecule has 0 amide bonds. The maximum Gasteiger partial charge on any atom is 0.574 e. The third-order valence-corrected chi connectivity index (χ3v) is 2.03. The van der Waals surface area contributed by atoms with E-state index in [1.165, 1.54) is 20.1 Å². The van der Waals surface area contributed by atoms with E-state index in [0.717, 1.165) is 0 Å². The molecule has 19 heavy (non-hydrogen) atoms. The fraction of sp³-hybridized carbons (Fsp3) is 0.455. The summed E-state index contributed by atoms with van der Waals surface area (Å²) >= 11 is 0. The van der Waals surface area contributed by atoms with Crippen LogP contribution in [0, 0.1) is 6.92 Å². The molecule has 5 nitrogen and oxygen atoms in total. The predicted octanol–water partition coefficient (Wildman–Crippen LogP) is 2.47. The van der Waals surface area contributed by atoms with Crippen LogP contribution in [0.15, 0.2) is 6.07 Å². The van der Waals surface area contributed by atoms with Gasteiger partial charge >= 0.3 is 12.3 Å². The van der Waals surface area contributed by atoms with Gasteiger partial charge in [-0.15, -0.1) is 13.2 Å². The lowest BCUT2D eigenvalue weighted by Gasteiger charge is -2.13. The van der Waals surface area contributed by atoms with Crippen LogP contribution < -0.4 is 9.47 Å². The SMILES string of the molecule is CCOC(=O)c1nc(OC(F)(F)F)c(C)cc1OC. The van der Waals surface area contributed by atoms with E-state index in [2.05, 4.69) is 14.5 Å². The van der Waals surface area contributed by atoms with Gasteiger partial charge in [0.1, 0.15) is 0 Å². The number of carbonyl (C=O) groups excluding carboxylic acids is 1. The van der Waals surface area contributed by atoms with E-state index < -0.39 is 18.2 Å². The summed E-state index contributed by atoms with van der Waals surface area (Å²) in [5.74, 6) is -1.58. The second kappa shape index (κ2) is 5.77. The van der Waals surface area contributed by atoms with Gasteiger partial charge in [-0.25, -0.2) is 9.78 Å². The summed E-state index contributed by atoms with van der Waals surface area (Å²) in [6.45, 7) is 2.98. The molecule has 1 aromatic heterocycles. The van der Waals surface area contributed by atoms with Crippen molar-refractivity contribution in [3.63, 3.8) is 0 Å². The van der Waals surface area contributed by atoms with Crippen LogP contribution in [-0.4, -0.2) is 31.0 Å². The number of methoxy groups -OCH3 is 1. The van der Waals surface area contributed by atoms with Gasteiger partial charge in [0, 0.05) is 5.56 Å². The molecule has 0 aliphatic heterocycles. The van der Waals surface area contributed by atoms with Crippen LogP contribution in [-0.2, 0) is 4.74 Å². The Kier molecular flexibility index (Phi) is 4.57. The molecule has 0 saturated heterocycles. The Hall–Kier alpha value is -1.99. The normalized spacial score (nSPS) is 11.1. The highest BCUT2D eigenvalue weighted by atomic mass is 19.4. The number of aryl methyl sites for hydroxylation is 1. The summed E-state index contributed by atoms with van der Waals surface area (Å²) in [6, 6.07) is 1.22. The second-order valence-corrected chi connectivity index (χ2v) is 3.43. The van der Waals surface area contributed by atoms with Gasteiger partial charge in [-0.1, -0.05) is 0 Å². The average molecular weight is 279 g/mol. The van der Waals surface area contributed by atoms with Gasteiger partial charge in [0.15, 0.2) is 11.4 Å². The van der Waals surface area contributed by atoms with Crippen LogP contribution in [0.3, 0.4) is 0 Å². The van der Waals surface area contributed by atoms with Crippen molar-refractivity contribution < 1.29 is 32.2 Å². The minimum atomic E-state index is -4.89. The monoisotopic (exact) mass is 279 g/mol. The fourth-order valence-electron chi connectivity index (χ4n) is 1.29. The van der Waals surface area contributed by atoms with Crippen molar-refractivity contribution in [1.82, 2.24) is 4.98 Å². The fourth-order valence-corrected chi connectivity index (χ4v) is 1.29. The summed E-state index contributed by atoms with van der Waals surface area (Å²) < 4.78 is 49.8. The summed E-state index contributed by atoms with van der Waals surface area (Å²) in [5, 5.41) is 0. The van der Waals surface area contributed by atoms with E-state index in [-0.39, 0.29) is 23.6 Å². The van der Waals surface area contributed by atoms with Crippen molar-refractivity contribution in [2.75, 3.05) is 13.7 Å². The number of alkyl halides is 3. The first-order valence-corrected chi connectivity index (χ1v) is 5.27. The van der Waals surface area contributed by atoms with E-state index in [9.17, 15) is 18.0 Å². The highest BCUT2D eigenvalue weighted by Crippen LogP contribution is 2.29. The van der Waals surface area contributed by atoms with Crippen molar-refractivity contribution >= 4 is 5.97 Å². The van der Waals surface area contributed by atoms with E-state index in [0.29, 0.717) is 0 Å². The van der Waals surface area contributed by atoms with E-state index >= 15 is 0 Å². The molecule has 0 bridgehead atoms.